The first-order valence-corrected chi connectivity index (χ1v) is 5.00. The fraction of sp³-hybridized carbons (Fsp3) is 0.800. The van der Waals surface area contributed by atoms with E-state index in [1.807, 2.05) is 0 Å². The molecule has 0 fully saturated rings. The maximum Gasteiger partial charge on any atom is 0.470 e. The SMILES string of the molecule is O=C(COP(=O)(O)O)[C@H](O)C(O)CO. The van der Waals surface area contributed by atoms with E-state index in [2.05, 4.69) is 4.52 Å². The molecule has 0 aliphatic rings. The Hall–Kier alpha value is -0.340. The minimum absolute atomic E-state index is 0.844. The van der Waals surface area contributed by atoms with Crippen LogP contribution in [-0.2, 0) is 13.9 Å². The van der Waals surface area contributed by atoms with E-state index in [1.165, 1.54) is 0 Å². The number of carbonyl (C=O) groups is 1. The third-order valence-electron chi connectivity index (χ3n) is 1.26. The molecule has 9 heteroatoms. The van der Waals surface area contributed by atoms with Gasteiger partial charge in [0.15, 0.2) is 5.78 Å². The summed E-state index contributed by atoms with van der Waals surface area (Å²) >= 11 is 0. The van der Waals surface area contributed by atoms with Crippen molar-refractivity contribution < 1.29 is 39.0 Å². The molecule has 2 atom stereocenters. The molecular formula is C5H11O8P. The summed E-state index contributed by atoms with van der Waals surface area (Å²) in [6.45, 7) is -1.88. The lowest BCUT2D eigenvalue weighted by molar-refractivity contribution is -0.137. The number of phosphoric acid groups is 1. The lowest BCUT2D eigenvalue weighted by Gasteiger charge is -2.14. The minimum Gasteiger partial charge on any atom is -0.394 e. The van der Waals surface area contributed by atoms with Crippen molar-refractivity contribution in [3.63, 3.8) is 0 Å². The molecule has 0 saturated carbocycles. The second-order valence-corrected chi connectivity index (χ2v) is 3.66. The summed E-state index contributed by atoms with van der Waals surface area (Å²) in [4.78, 5) is 27.2. The maximum absolute atomic E-state index is 10.8. The summed E-state index contributed by atoms with van der Waals surface area (Å²) in [6, 6.07) is 0. The molecule has 0 amide bonds. The highest BCUT2D eigenvalue weighted by Crippen LogP contribution is 2.35. The Bertz CT molecular complexity index is 234. The Morgan fingerprint density at radius 2 is 1.86 bits per heavy atom. The van der Waals surface area contributed by atoms with Gasteiger partial charge < -0.3 is 25.1 Å². The van der Waals surface area contributed by atoms with Gasteiger partial charge in [-0.3, -0.25) is 9.32 Å². The van der Waals surface area contributed by atoms with Crippen LogP contribution in [0.25, 0.3) is 0 Å². The number of rotatable bonds is 6. The molecule has 84 valence electrons. The molecular weight excluding hydrogens is 219 g/mol. The number of hydrogen-bond acceptors (Lipinski definition) is 6. The van der Waals surface area contributed by atoms with E-state index in [4.69, 9.17) is 25.1 Å². The number of aliphatic hydroxyl groups excluding tert-OH is 3. The molecule has 14 heavy (non-hydrogen) atoms. The van der Waals surface area contributed by atoms with E-state index in [0.29, 0.717) is 0 Å². The summed E-state index contributed by atoms with van der Waals surface area (Å²) in [5.41, 5.74) is 0. The van der Waals surface area contributed by atoms with Crippen molar-refractivity contribution in [3.8, 4) is 0 Å². The molecule has 0 heterocycles. The molecule has 0 radical (unpaired) electrons. The number of aliphatic hydroxyl groups is 3. The van der Waals surface area contributed by atoms with Crippen LogP contribution in [0.4, 0.5) is 0 Å². The summed E-state index contributed by atoms with van der Waals surface area (Å²) < 4.78 is 13.9. The van der Waals surface area contributed by atoms with E-state index in [1.54, 1.807) is 0 Å². The topological polar surface area (TPSA) is 145 Å². The number of phosphoric ester groups is 1. The summed E-state index contributed by atoms with van der Waals surface area (Å²) in [7, 11) is -4.77. The van der Waals surface area contributed by atoms with Crippen LogP contribution in [0, 0.1) is 0 Å². The first-order chi connectivity index (χ1) is 6.28. The summed E-state index contributed by atoms with van der Waals surface area (Å²) in [6.07, 6.45) is -3.62. The van der Waals surface area contributed by atoms with Crippen LogP contribution in [-0.4, -0.2) is 56.3 Å². The maximum atomic E-state index is 10.8. The smallest absolute Gasteiger partial charge is 0.394 e. The molecule has 0 aliphatic carbocycles. The summed E-state index contributed by atoms with van der Waals surface area (Å²) in [5, 5.41) is 26.0. The monoisotopic (exact) mass is 230 g/mol. The molecule has 0 aromatic carbocycles. The lowest BCUT2D eigenvalue weighted by atomic mass is 10.1. The molecule has 5 N–H and O–H groups in total. The Kier molecular flexibility index (Phi) is 5.38. The fourth-order valence-electron chi connectivity index (χ4n) is 0.548. The van der Waals surface area contributed by atoms with E-state index < -0.39 is 39.0 Å². The first kappa shape index (κ1) is 13.7. The molecule has 0 saturated heterocycles. The fourth-order valence-corrected chi connectivity index (χ4v) is 0.843. The highest BCUT2D eigenvalue weighted by atomic mass is 31.2. The standard InChI is InChI=1S/C5H11O8P/c6-1-3(7)5(9)4(8)2-13-14(10,11)12/h3,5-7,9H,1-2H2,(H2,10,11,12)/t3?,5-/m1/s1. The van der Waals surface area contributed by atoms with E-state index >= 15 is 0 Å². The van der Waals surface area contributed by atoms with Crippen LogP contribution >= 0.6 is 7.82 Å². The van der Waals surface area contributed by atoms with Gasteiger partial charge >= 0.3 is 7.82 Å². The van der Waals surface area contributed by atoms with Crippen LogP contribution in [0.2, 0.25) is 0 Å². The highest BCUT2D eigenvalue weighted by Gasteiger charge is 2.26. The molecule has 8 nitrogen and oxygen atoms in total. The Morgan fingerprint density at radius 1 is 1.36 bits per heavy atom. The zero-order valence-electron chi connectivity index (χ0n) is 6.98. The number of carbonyl (C=O) groups excluding carboxylic acids is 1. The predicted molar refractivity (Wildman–Crippen MR) is 42.1 cm³/mol. The number of Topliss-reactive ketones (excluding diaryl/α,β-unsaturated/α-hetero) is 1. The van der Waals surface area contributed by atoms with Gasteiger partial charge in [0.2, 0.25) is 0 Å². The molecule has 1 unspecified atom stereocenters. The van der Waals surface area contributed by atoms with Crippen molar-refractivity contribution in [3.05, 3.63) is 0 Å². The van der Waals surface area contributed by atoms with Crippen LogP contribution in [0.15, 0.2) is 0 Å². The molecule has 0 aromatic heterocycles. The van der Waals surface area contributed by atoms with E-state index in [0.717, 1.165) is 0 Å². The van der Waals surface area contributed by atoms with Crippen molar-refractivity contribution in [2.24, 2.45) is 0 Å². The van der Waals surface area contributed by atoms with Gasteiger partial charge in [-0.15, -0.1) is 0 Å². The minimum atomic E-state index is -4.77. The molecule has 0 bridgehead atoms. The quantitative estimate of drug-likeness (QED) is 0.312. The number of ketones is 1. The summed E-state index contributed by atoms with van der Waals surface area (Å²) in [5.74, 6) is -1.13. The normalized spacial score (nSPS) is 16.4. The first-order valence-electron chi connectivity index (χ1n) is 3.47. The number of hydrogen-bond donors (Lipinski definition) is 5. The van der Waals surface area contributed by atoms with Crippen molar-refractivity contribution in [1.82, 2.24) is 0 Å². The van der Waals surface area contributed by atoms with Gasteiger partial charge in [-0.1, -0.05) is 0 Å². The highest BCUT2D eigenvalue weighted by molar-refractivity contribution is 7.46. The van der Waals surface area contributed by atoms with E-state index in [-0.39, 0.29) is 0 Å². The largest absolute Gasteiger partial charge is 0.470 e. The third-order valence-corrected chi connectivity index (χ3v) is 1.72. The Labute approximate surface area is 79.0 Å². The van der Waals surface area contributed by atoms with Crippen molar-refractivity contribution in [1.29, 1.82) is 0 Å². The van der Waals surface area contributed by atoms with Crippen LogP contribution in [0.3, 0.4) is 0 Å². The lowest BCUT2D eigenvalue weighted by Crippen LogP contribution is -2.38. The zero-order chi connectivity index (χ0) is 11.4. The van der Waals surface area contributed by atoms with Gasteiger partial charge in [0, 0.05) is 0 Å². The van der Waals surface area contributed by atoms with Gasteiger partial charge in [0.1, 0.15) is 18.8 Å². The van der Waals surface area contributed by atoms with Gasteiger partial charge in [0.25, 0.3) is 0 Å². The zero-order valence-corrected chi connectivity index (χ0v) is 7.87. The average molecular weight is 230 g/mol. The second kappa shape index (κ2) is 5.52. The second-order valence-electron chi connectivity index (χ2n) is 2.43. The molecule has 0 spiro atoms. The molecule has 0 aliphatic heterocycles. The van der Waals surface area contributed by atoms with Crippen molar-refractivity contribution in [2.75, 3.05) is 13.2 Å². The molecule has 0 aromatic rings. The van der Waals surface area contributed by atoms with Gasteiger partial charge in [-0.05, 0) is 0 Å². The van der Waals surface area contributed by atoms with Crippen LogP contribution in [0.5, 0.6) is 0 Å². The van der Waals surface area contributed by atoms with Crippen LogP contribution < -0.4 is 0 Å². The predicted octanol–water partition coefficient (Wildman–Crippen LogP) is -2.62. The van der Waals surface area contributed by atoms with Gasteiger partial charge in [-0.2, -0.15) is 0 Å². The van der Waals surface area contributed by atoms with Crippen LogP contribution in [0.1, 0.15) is 0 Å². The van der Waals surface area contributed by atoms with E-state index in [9.17, 15) is 9.36 Å². The molecule has 0 rings (SSSR count). The average Bonchev–Trinajstić information content (AvgIpc) is 2.10. The third kappa shape index (κ3) is 5.40. The van der Waals surface area contributed by atoms with Crippen molar-refractivity contribution >= 4 is 13.6 Å². The van der Waals surface area contributed by atoms with Gasteiger partial charge in [0.05, 0.1) is 6.61 Å². The Balaban J connectivity index is 4.03. The van der Waals surface area contributed by atoms with Gasteiger partial charge in [-0.25, -0.2) is 4.57 Å². The Morgan fingerprint density at radius 3 is 2.21 bits per heavy atom. The van der Waals surface area contributed by atoms with Crippen molar-refractivity contribution in [2.45, 2.75) is 12.2 Å².